The van der Waals surface area contributed by atoms with Gasteiger partial charge in [-0.25, -0.2) is 0 Å². The van der Waals surface area contributed by atoms with Crippen LogP contribution in [-0.2, 0) is 9.53 Å². The lowest BCUT2D eigenvalue weighted by atomic mass is 10.1. The van der Waals surface area contributed by atoms with Crippen LogP contribution in [0.5, 0.6) is 0 Å². The van der Waals surface area contributed by atoms with E-state index < -0.39 is 5.97 Å². The summed E-state index contributed by atoms with van der Waals surface area (Å²) in [6, 6.07) is 0. The van der Waals surface area contributed by atoms with Crippen LogP contribution in [0.15, 0.2) is 0 Å². The molecule has 1 saturated heterocycles. The van der Waals surface area contributed by atoms with Gasteiger partial charge in [0, 0.05) is 19.5 Å². The normalized spacial score (nSPS) is 15.1. The van der Waals surface area contributed by atoms with Crippen molar-refractivity contribution in [2.75, 3.05) is 26.3 Å². The van der Waals surface area contributed by atoms with Crippen LogP contribution in [0.3, 0.4) is 0 Å². The molecule has 1 aliphatic rings. The van der Waals surface area contributed by atoms with Crippen molar-refractivity contribution in [2.24, 2.45) is 0 Å². The molecule has 0 aliphatic carbocycles. The molecule has 96 valence electrons. The Morgan fingerprint density at radius 1 is 1.19 bits per heavy atom. The van der Waals surface area contributed by atoms with Crippen molar-refractivity contribution >= 4 is 5.97 Å². The predicted octanol–water partition coefficient (Wildman–Crippen LogP) is 2.04. The Balaban J connectivity index is 0.000000315. The maximum atomic E-state index is 10.0. The monoisotopic (exact) mass is 231 g/mol. The number of hydrogen-bond donors (Lipinski definition) is 2. The number of carbonyl (C=O) groups is 1. The number of morpholine rings is 1. The van der Waals surface area contributed by atoms with Gasteiger partial charge in [0.1, 0.15) is 0 Å². The summed E-state index contributed by atoms with van der Waals surface area (Å²) < 4.78 is 5.01. The van der Waals surface area contributed by atoms with E-state index in [-0.39, 0.29) is 0 Å². The molecule has 1 aliphatic heterocycles. The summed E-state index contributed by atoms with van der Waals surface area (Å²) in [5.74, 6) is -0.670. The van der Waals surface area contributed by atoms with Gasteiger partial charge in [0.2, 0.25) is 0 Å². The average Bonchev–Trinajstić information content (AvgIpc) is 2.31. The molecule has 0 radical (unpaired) electrons. The molecule has 1 fully saturated rings. The summed E-state index contributed by atoms with van der Waals surface area (Å²) in [5.41, 5.74) is 0. The summed E-state index contributed by atoms with van der Waals surface area (Å²) in [4.78, 5) is 10.0. The minimum Gasteiger partial charge on any atom is -0.481 e. The van der Waals surface area contributed by atoms with E-state index in [1.807, 2.05) is 0 Å². The molecule has 4 nitrogen and oxygen atoms in total. The molecule has 1 heterocycles. The average molecular weight is 231 g/mol. The second-order valence-corrected chi connectivity index (χ2v) is 3.92. The largest absolute Gasteiger partial charge is 0.481 e. The third-order valence-corrected chi connectivity index (χ3v) is 2.34. The fraction of sp³-hybridized carbons (Fsp3) is 0.917. The zero-order valence-electron chi connectivity index (χ0n) is 10.3. The van der Waals surface area contributed by atoms with Gasteiger partial charge in [0.15, 0.2) is 0 Å². The van der Waals surface area contributed by atoms with Crippen LogP contribution in [0.2, 0.25) is 0 Å². The Kier molecular flexibility index (Phi) is 12.0. The molecular formula is C12H25NO3. The summed E-state index contributed by atoms with van der Waals surface area (Å²) in [6.07, 6.45) is 5.88. The van der Waals surface area contributed by atoms with Crippen LogP contribution in [-0.4, -0.2) is 37.4 Å². The van der Waals surface area contributed by atoms with Crippen molar-refractivity contribution in [3.05, 3.63) is 0 Å². The third kappa shape index (κ3) is 13.4. The first-order chi connectivity index (χ1) is 7.77. The van der Waals surface area contributed by atoms with E-state index in [1.54, 1.807) is 0 Å². The van der Waals surface area contributed by atoms with Gasteiger partial charge in [-0.2, -0.15) is 0 Å². The number of nitrogens with one attached hydrogen (secondary N) is 1. The number of aliphatic carboxylic acids is 1. The quantitative estimate of drug-likeness (QED) is 0.687. The van der Waals surface area contributed by atoms with Crippen LogP contribution < -0.4 is 5.32 Å². The van der Waals surface area contributed by atoms with Crippen LogP contribution in [0.25, 0.3) is 0 Å². The first-order valence-corrected chi connectivity index (χ1v) is 6.27. The molecule has 2 N–H and O–H groups in total. The van der Waals surface area contributed by atoms with Gasteiger partial charge < -0.3 is 15.2 Å². The van der Waals surface area contributed by atoms with E-state index in [9.17, 15) is 4.79 Å². The molecule has 1 rings (SSSR count). The lowest BCUT2D eigenvalue weighted by molar-refractivity contribution is -0.137. The molecule has 0 aromatic heterocycles. The Morgan fingerprint density at radius 3 is 2.19 bits per heavy atom. The van der Waals surface area contributed by atoms with Crippen LogP contribution in [0.1, 0.15) is 45.4 Å². The summed E-state index contributed by atoms with van der Waals surface area (Å²) in [5, 5.41) is 11.4. The van der Waals surface area contributed by atoms with Crippen molar-refractivity contribution in [3.8, 4) is 0 Å². The molecule has 0 atom stereocenters. The van der Waals surface area contributed by atoms with Crippen LogP contribution >= 0.6 is 0 Å². The topological polar surface area (TPSA) is 58.6 Å². The lowest BCUT2D eigenvalue weighted by Crippen LogP contribution is -2.30. The Hall–Kier alpha value is -0.610. The standard InChI is InChI=1S/C8H16O2.C4H9NO/c1-2-3-4-5-6-7-8(9)10;1-3-6-4-2-5-1/h2-7H2,1H3,(H,9,10);5H,1-4H2. The van der Waals surface area contributed by atoms with E-state index in [2.05, 4.69) is 12.2 Å². The van der Waals surface area contributed by atoms with Crippen LogP contribution in [0, 0.1) is 0 Å². The van der Waals surface area contributed by atoms with E-state index in [1.165, 1.54) is 19.3 Å². The minimum atomic E-state index is -0.670. The third-order valence-electron chi connectivity index (χ3n) is 2.34. The van der Waals surface area contributed by atoms with Crippen LogP contribution in [0.4, 0.5) is 0 Å². The molecule has 0 spiro atoms. The molecule has 4 heteroatoms. The fourth-order valence-corrected chi connectivity index (χ4v) is 1.40. The second kappa shape index (κ2) is 12.5. The number of ether oxygens (including phenoxy) is 1. The summed E-state index contributed by atoms with van der Waals surface area (Å²) >= 11 is 0. The van der Waals surface area contributed by atoms with E-state index in [0.717, 1.165) is 39.1 Å². The van der Waals surface area contributed by atoms with Gasteiger partial charge in [-0.15, -0.1) is 0 Å². The zero-order chi connectivity index (χ0) is 12.1. The van der Waals surface area contributed by atoms with Gasteiger partial charge in [0.25, 0.3) is 0 Å². The molecule has 0 aromatic rings. The molecule has 0 unspecified atom stereocenters. The Labute approximate surface area is 98.4 Å². The van der Waals surface area contributed by atoms with Crippen molar-refractivity contribution in [2.45, 2.75) is 45.4 Å². The highest BCUT2D eigenvalue weighted by molar-refractivity contribution is 5.66. The highest BCUT2D eigenvalue weighted by Crippen LogP contribution is 2.04. The minimum absolute atomic E-state index is 0.337. The number of carboxylic acids is 1. The molecule has 16 heavy (non-hydrogen) atoms. The van der Waals surface area contributed by atoms with E-state index >= 15 is 0 Å². The van der Waals surface area contributed by atoms with Gasteiger partial charge >= 0.3 is 5.97 Å². The number of unbranched alkanes of at least 4 members (excludes halogenated alkanes) is 4. The van der Waals surface area contributed by atoms with Crippen molar-refractivity contribution in [3.63, 3.8) is 0 Å². The number of carboxylic acid groups (broad SMARTS) is 1. The lowest BCUT2D eigenvalue weighted by Gasteiger charge is -2.10. The van der Waals surface area contributed by atoms with Gasteiger partial charge in [-0.3, -0.25) is 4.79 Å². The fourth-order valence-electron chi connectivity index (χ4n) is 1.40. The van der Waals surface area contributed by atoms with E-state index in [0.29, 0.717) is 6.42 Å². The Morgan fingerprint density at radius 2 is 1.81 bits per heavy atom. The molecule has 0 bridgehead atoms. The first-order valence-electron chi connectivity index (χ1n) is 6.27. The first kappa shape index (κ1) is 15.4. The number of hydrogen-bond acceptors (Lipinski definition) is 3. The molecule has 0 amide bonds. The smallest absolute Gasteiger partial charge is 0.303 e. The van der Waals surface area contributed by atoms with Crippen molar-refractivity contribution < 1.29 is 14.6 Å². The van der Waals surface area contributed by atoms with E-state index in [4.69, 9.17) is 9.84 Å². The number of rotatable bonds is 6. The van der Waals surface area contributed by atoms with Gasteiger partial charge in [0.05, 0.1) is 13.2 Å². The molecular weight excluding hydrogens is 206 g/mol. The molecule has 0 saturated carbocycles. The van der Waals surface area contributed by atoms with Crippen molar-refractivity contribution in [1.29, 1.82) is 0 Å². The second-order valence-electron chi connectivity index (χ2n) is 3.92. The highest BCUT2D eigenvalue weighted by Gasteiger charge is 1.94. The molecule has 0 aromatic carbocycles. The maximum absolute atomic E-state index is 10.0. The highest BCUT2D eigenvalue weighted by atomic mass is 16.5. The zero-order valence-corrected chi connectivity index (χ0v) is 10.3. The maximum Gasteiger partial charge on any atom is 0.303 e. The predicted molar refractivity (Wildman–Crippen MR) is 64.7 cm³/mol. The summed E-state index contributed by atoms with van der Waals surface area (Å²) in [7, 11) is 0. The van der Waals surface area contributed by atoms with Crippen molar-refractivity contribution in [1.82, 2.24) is 5.32 Å². The van der Waals surface area contributed by atoms with Gasteiger partial charge in [-0.05, 0) is 6.42 Å². The Bertz CT molecular complexity index is 147. The SMILES string of the molecule is C1COCCN1.CCCCCCCC(=O)O. The summed E-state index contributed by atoms with van der Waals surface area (Å²) in [6.45, 7) is 5.98. The van der Waals surface area contributed by atoms with Gasteiger partial charge in [-0.1, -0.05) is 32.6 Å².